The number of aromatic hydroxyl groups is 1. The monoisotopic (exact) mass is 370 g/mol. The van der Waals surface area contributed by atoms with Crippen LogP contribution in [0.25, 0.3) is 0 Å². The topological polar surface area (TPSA) is 69.6 Å². The zero-order valence-corrected chi connectivity index (χ0v) is 15.6. The molecule has 1 unspecified atom stereocenters. The number of piperidine rings is 1. The molecule has 4 rings (SSSR count). The zero-order valence-electron chi connectivity index (χ0n) is 15.6. The minimum atomic E-state index is -0.559. The highest BCUT2D eigenvalue weighted by atomic mass is 19.1. The molecule has 1 spiro atoms. The van der Waals surface area contributed by atoms with Crippen LogP contribution >= 0.6 is 0 Å². The Balaban J connectivity index is 1.65. The number of nitrogens with zero attached hydrogens (tertiary/aromatic N) is 4. The predicted molar refractivity (Wildman–Crippen MR) is 99.6 cm³/mol. The van der Waals surface area contributed by atoms with Gasteiger partial charge in [0.05, 0.1) is 11.3 Å². The van der Waals surface area contributed by atoms with E-state index in [9.17, 15) is 14.3 Å². The van der Waals surface area contributed by atoms with Crippen LogP contribution in [-0.2, 0) is 11.8 Å². The molecular weight excluding hydrogens is 347 g/mol. The number of hydrogen-bond donors (Lipinski definition) is 1. The van der Waals surface area contributed by atoms with E-state index < -0.39 is 5.82 Å². The van der Waals surface area contributed by atoms with Crippen molar-refractivity contribution < 1.29 is 14.3 Å². The lowest BCUT2D eigenvalue weighted by Gasteiger charge is -2.40. The largest absolute Gasteiger partial charge is 0.507 e. The predicted octanol–water partition coefficient (Wildman–Crippen LogP) is 2.51. The molecule has 6 nitrogen and oxygen atoms in total. The summed E-state index contributed by atoms with van der Waals surface area (Å²) >= 11 is 0. The number of aryl methyl sites for hydroxylation is 1. The van der Waals surface area contributed by atoms with Crippen molar-refractivity contribution in [1.82, 2.24) is 14.9 Å². The molecule has 0 bridgehead atoms. The Morgan fingerprint density at radius 2 is 2.15 bits per heavy atom. The van der Waals surface area contributed by atoms with Crippen molar-refractivity contribution in [3.05, 3.63) is 47.0 Å². The first-order chi connectivity index (χ1) is 12.9. The highest BCUT2D eigenvalue weighted by molar-refractivity contribution is 5.97. The SMILES string of the molecule is CN(C)c1ncc2c(n1)C1(CCCN(C(=O)c3ccc(F)cc3O)C1)CC2. The fourth-order valence-electron chi connectivity index (χ4n) is 4.31. The van der Waals surface area contributed by atoms with Crippen molar-refractivity contribution in [2.24, 2.45) is 0 Å². The third-order valence-electron chi connectivity index (χ3n) is 5.68. The first-order valence-electron chi connectivity index (χ1n) is 9.21. The number of rotatable bonds is 2. The zero-order chi connectivity index (χ0) is 19.2. The molecule has 1 saturated heterocycles. The van der Waals surface area contributed by atoms with Crippen LogP contribution in [0.2, 0.25) is 0 Å². The van der Waals surface area contributed by atoms with E-state index in [1.165, 1.54) is 12.1 Å². The van der Waals surface area contributed by atoms with E-state index >= 15 is 0 Å². The van der Waals surface area contributed by atoms with Crippen LogP contribution in [0.1, 0.15) is 40.9 Å². The van der Waals surface area contributed by atoms with E-state index in [4.69, 9.17) is 4.98 Å². The van der Waals surface area contributed by atoms with E-state index in [1.807, 2.05) is 25.2 Å². The van der Waals surface area contributed by atoms with Gasteiger partial charge >= 0.3 is 0 Å². The summed E-state index contributed by atoms with van der Waals surface area (Å²) < 4.78 is 13.3. The molecule has 1 fully saturated rings. The summed E-state index contributed by atoms with van der Waals surface area (Å²) in [6.45, 7) is 1.18. The molecule has 0 radical (unpaired) electrons. The molecule has 1 aliphatic carbocycles. The van der Waals surface area contributed by atoms with Gasteiger partial charge in [-0.1, -0.05) is 0 Å². The quantitative estimate of drug-likeness (QED) is 0.880. The smallest absolute Gasteiger partial charge is 0.257 e. The Bertz CT molecular complexity index is 898. The van der Waals surface area contributed by atoms with Crippen LogP contribution in [0.5, 0.6) is 5.75 Å². The van der Waals surface area contributed by atoms with Crippen LogP contribution < -0.4 is 4.90 Å². The lowest BCUT2D eigenvalue weighted by molar-refractivity contribution is 0.0630. The fraction of sp³-hybridized carbons (Fsp3) is 0.450. The third kappa shape index (κ3) is 3.01. The van der Waals surface area contributed by atoms with Crippen molar-refractivity contribution >= 4 is 11.9 Å². The van der Waals surface area contributed by atoms with Gasteiger partial charge < -0.3 is 14.9 Å². The van der Waals surface area contributed by atoms with Gasteiger partial charge in [-0.15, -0.1) is 0 Å². The Morgan fingerprint density at radius 1 is 1.33 bits per heavy atom. The van der Waals surface area contributed by atoms with Gasteiger partial charge in [-0.25, -0.2) is 14.4 Å². The van der Waals surface area contributed by atoms with Gasteiger partial charge in [0.15, 0.2) is 0 Å². The van der Waals surface area contributed by atoms with E-state index in [1.54, 1.807) is 4.90 Å². The molecule has 1 amide bonds. The van der Waals surface area contributed by atoms with Crippen molar-refractivity contribution in [2.45, 2.75) is 31.1 Å². The van der Waals surface area contributed by atoms with E-state index in [0.717, 1.165) is 43.0 Å². The molecule has 1 aliphatic heterocycles. The van der Waals surface area contributed by atoms with Crippen molar-refractivity contribution in [3.8, 4) is 5.75 Å². The van der Waals surface area contributed by atoms with E-state index in [2.05, 4.69) is 4.98 Å². The maximum Gasteiger partial charge on any atom is 0.257 e. The molecule has 1 aromatic carbocycles. The average molecular weight is 370 g/mol. The number of anilines is 1. The van der Waals surface area contributed by atoms with Gasteiger partial charge in [0.1, 0.15) is 11.6 Å². The van der Waals surface area contributed by atoms with Crippen LogP contribution in [0, 0.1) is 5.82 Å². The fourth-order valence-corrected chi connectivity index (χ4v) is 4.31. The summed E-state index contributed by atoms with van der Waals surface area (Å²) in [5.41, 5.74) is 2.16. The number of likely N-dealkylation sites (tertiary alicyclic amines) is 1. The highest BCUT2D eigenvalue weighted by Crippen LogP contribution is 2.44. The number of carbonyl (C=O) groups excluding carboxylic acids is 1. The summed E-state index contributed by atoms with van der Waals surface area (Å²) in [6.07, 6.45) is 5.59. The van der Waals surface area contributed by atoms with Crippen LogP contribution in [-0.4, -0.2) is 53.1 Å². The van der Waals surface area contributed by atoms with Gasteiger partial charge in [0, 0.05) is 44.9 Å². The molecule has 27 heavy (non-hydrogen) atoms. The molecule has 0 saturated carbocycles. The second kappa shape index (κ2) is 6.48. The normalized spacial score (nSPS) is 21.4. The lowest BCUT2D eigenvalue weighted by Crippen LogP contribution is -2.48. The molecule has 2 aromatic rings. The number of aromatic nitrogens is 2. The number of fused-ring (bicyclic) bond motifs is 2. The number of phenolic OH excluding ortho intramolecular Hbond substituents is 1. The highest BCUT2D eigenvalue weighted by Gasteiger charge is 2.45. The van der Waals surface area contributed by atoms with Crippen molar-refractivity contribution in [3.63, 3.8) is 0 Å². The first kappa shape index (κ1) is 17.7. The summed E-state index contributed by atoms with van der Waals surface area (Å²) in [5.74, 6) is -0.461. The Labute approximate surface area is 157 Å². The second-order valence-electron chi connectivity index (χ2n) is 7.71. The van der Waals surface area contributed by atoms with E-state index in [-0.39, 0.29) is 22.6 Å². The number of halogens is 1. The number of amides is 1. The second-order valence-corrected chi connectivity index (χ2v) is 7.71. The van der Waals surface area contributed by atoms with Gasteiger partial charge in [0.2, 0.25) is 5.95 Å². The van der Waals surface area contributed by atoms with Crippen molar-refractivity contribution in [1.29, 1.82) is 0 Å². The summed E-state index contributed by atoms with van der Waals surface area (Å²) in [6, 6.07) is 3.53. The molecule has 2 aliphatic rings. The molecule has 1 N–H and O–H groups in total. The number of carbonyl (C=O) groups is 1. The molecular formula is C20H23FN4O2. The standard InChI is InChI=1S/C20H23FN4O2/c1-24(2)19-22-11-13-6-8-20(17(13)23-19)7-3-9-25(12-20)18(27)15-5-4-14(21)10-16(15)26/h4-5,10-11,26H,3,6-9,12H2,1-2H3. The summed E-state index contributed by atoms with van der Waals surface area (Å²) in [7, 11) is 3.83. The minimum Gasteiger partial charge on any atom is -0.507 e. The molecule has 1 aromatic heterocycles. The Kier molecular flexibility index (Phi) is 4.25. The van der Waals surface area contributed by atoms with Gasteiger partial charge in [-0.2, -0.15) is 0 Å². The molecule has 7 heteroatoms. The first-order valence-corrected chi connectivity index (χ1v) is 9.21. The van der Waals surface area contributed by atoms with E-state index in [0.29, 0.717) is 19.0 Å². The number of benzene rings is 1. The average Bonchev–Trinajstić information content (AvgIpc) is 2.98. The van der Waals surface area contributed by atoms with Crippen LogP contribution in [0.4, 0.5) is 10.3 Å². The summed E-state index contributed by atoms with van der Waals surface area (Å²) in [5, 5.41) is 9.99. The minimum absolute atomic E-state index is 0.142. The molecule has 142 valence electrons. The summed E-state index contributed by atoms with van der Waals surface area (Å²) in [4.78, 5) is 25.8. The molecule has 2 heterocycles. The van der Waals surface area contributed by atoms with Crippen molar-refractivity contribution in [2.75, 3.05) is 32.1 Å². The van der Waals surface area contributed by atoms with Gasteiger partial charge in [-0.05, 0) is 43.4 Å². The van der Waals surface area contributed by atoms with Gasteiger partial charge in [-0.3, -0.25) is 4.79 Å². The Morgan fingerprint density at radius 3 is 2.89 bits per heavy atom. The lowest BCUT2D eigenvalue weighted by atomic mass is 9.77. The maximum absolute atomic E-state index is 13.3. The third-order valence-corrected chi connectivity index (χ3v) is 5.68. The number of phenols is 1. The Hall–Kier alpha value is -2.70. The van der Waals surface area contributed by atoms with Crippen LogP contribution in [0.15, 0.2) is 24.4 Å². The van der Waals surface area contributed by atoms with Gasteiger partial charge in [0.25, 0.3) is 5.91 Å². The maximum atomic E-state index is 13.3. The molecule has 1 atom stereocenters. The number of hydrogen-bond acceptors (Lipinski definition) is 5. The van der Waals surface area contributed by atoms with Crippen LogP contribution in [0.3, 0.4) is 0 Å².